The van der Waals surface area contributed by atoms with E-state index in [9.17, 15) is 19.2 Å². The first-order valence-electron chi connectivity index (χ1n) is 9.76. The highest BCUT2D eigenvalue weighted by Gasteiger charge is 2.52. The number of Topliss-reactive ketones (excluding diaryl/α,β-unsaturated/α-hetero) is 1. The zero-order valence-electron chi connectivity index (χ0n) is 16.3. The Labute approximate surface area is 164 Å². The number of hydrogen-bond donors (Lipinski definition) is 1. The molecule has 1 N–H and O–H groups in total. The Hall–Kier alpha value is -2.70. The number of nitrogens with zero attached hydrogens (tertiary/aromatic N) is 1. The second kappa shape index (κ2) is 8.12. The van der Waals surface area contributed by atoms with Crippen LogP contribution in [0.25, 0.3) is 0 Å². The summed E-state index contributed by atoms with van der Waals surface area (Å²) in [5, 5.41) is 2.76. The molecular weight excluding hydrogens is 360 g/mol. The van der Waals surface area contributed by atoms with Crippen LogP contribution in [0.5, 0.6) is 0 Å². The SMILES string of the molecule is CCc1ccc(C(=O)COC(=O)CN2C(=O)NC3(CCC(C)CC3)C2=O)cc1. The molecular formula is C21H26N2O5. The minimum absolute atomic E-state index is 0.328. The standard InChI is InChI=1S/C21H26N2O5/c1-3-15-4-6-16(7-5-15)17(24)13-28-18(25)12-23-19(26)21(22-20(23)27)10-8-14(2)9-11-21/h4-7,14H,3,8-13H2,1-2H3,(H,22,27). The normalized spacial score (nSPS) is 24.4. The van der Waals surface area contributed by atoms with E-state index in [1.807, 2.05) is 19.1 Å². The summed E-state index contributed by atoms with van der Waals surface area (Å²) in [6.45, 7) is 3.24. The number of imide groups is 1. The highest BCUT2D eigenvalue weighted by Crippen LogP contribution is 2.36. The molecule has 0 atom stereocenters. The maximum Gasteiger partial charge on any atom is 0.326 e. The van der Waals surface area contributed by atoms with Crippen LogP contribution in [0, 0.1) is 5.92 Å². The van der Waals surface area contributed by atoms with Gasteiger partial charge in [-0.3, -0.25) is 19.3 Å². The van der Waals surface area contributed by atoms with Crippen molar-refractivity contribution >= 4 is 23.7 Å². The zero-order chi connectivity index (χ0) is 20.3. The third-order valence-corrected chi connectivity index (χ3v) is 5.71. The highest BCUT2D eigenvalue weighted by molar-refractivity contribution is 6.09. The van der Waals surface area contributed by atoms with E-state index in [2.05, 4.69) is 12.2 Å². The van der Waals surface area contributed by atoms with Gasteiger partial charge < -0.3 is 10.1 Å². The summed E-state index contributed by atoms with van der Waals surface area (Å²) >= 11 is 0. The Morgan fingerprint density at radius 2 is 1.82 bits per heavy atom. The van der Waals surface area contributed by atoms with E-state index in [0.717, 1.165) is 29.7 Å². The van der Waals surface area contributed by atoms with E-state index in [0.29, 0.717) is 24.3 Å². The summed E-state index contributed by atoms with van der Waals surface area (Å²) < 4.78 is 5.00. The molecule has 7 nitrogen and oxygen atoms in total. The first-order chi connectivity index (χ1) is 13.3. The van der Waals surface area contributed by atoms with Crippen LogP contribution in [0.1, 0.15) is 55.5 Å². The summed E-state index contributed by atoms with van der Waals surface area (Å²) in [5.41, 5.74) is 0.675. The van der Waals surface area contributed by atoms with E-state index >= 15 is 0 Å². The predicted molar refractivity (Wildman–Crippen MR) is 102 cm³/mol. The molecule has 1 spiro atoms. The van der Waals surface area contributed by atoms with Gasteiger partial charge in [0, 0.05) is 5.56 Å². The number of ketones is 1. The first kappa shape index (κ1) is 20.0. The van der Waals surface area contributed by atoms with Gasteiger partial charge in [-0.2, -0.15) is 0 Å². The van der Waals surface area contributed by atoms with Crippen molar-refractivity contribution < 1.29 is 23.9 Å². The molecule has 150 valence electrons. The van der Waals surface area contributed by atoms with Crippen LogP contribution in [0.15, 0.2) is 24.3 Å². The Bertz CT molecular complexity index is 778. The van der Waals surface area contributed by atoms with Crippen LogP contribution >= 0.6 is 0 Å². The van der Waals surface area contributed by atoms with Gasteiger partial charge in [-0.05, 0) is 43.6 Å². The fourth-order valence-corrected chi connectivity index (χ4v) is 3.74. The largest absolute Gasteiger partial charge is 0.456 e. The number of amides is 3. The number of urea groups is 1. The van der Waals surface area contributed by atoms with Gasteiger partial charge in [-0.1, -0.05) is 38.1 Å². The van der Waals surface area contributed by atoms with Crippen LogP contribution in [0.2, 0.25) is 0 Å². The Balaban J connectivity index is 1.53. The average molecular weight is 386 g/mol. The minimum Gasteiger partial charge on any atom is -0.456 e. The van der Waals surface area contributed by atoms with Crippen molar-refractivity contribution in [3.05, 3.63) is 35.4 Å². The molecule has 1 saturated carbocycles. The molecule has 0 aromatic heterocycles. The number of nitrogens with one attached hydrogen (secondary N) is 1. The van der Waals surface area contributed by atoms with Gasteiger partial charge in [0.15, 0.2) is 12.4 Å². The molecule has 1 heterocycles. The topological polar surface area (TPSA) is 92.8 Å². The number of hydrogen-bond acceptors (Lipinski definition) is 5. The average Bonchev–Trinajstić information content (AvgIpc) is 2.92. The van der Waals surface area contributed by atoms with Gasteiger partial charge in [0.05, 0.1) is 0 Å². The Kier molecular flexibility index (Phi) is 5.82. The van der Waals surface area contributed by atoms with Gasteiger partial charge in [0.25, 0.3) is 5.91 Å². The minimum atomic E-state index is -0.888. The lowest BCUT2D eigenvalue weighted by molar-refractivity contribution is -0.147. The molecule has 3 amide bonds. The van der Waals surface area contributed by atoms with E-state index in [4.69, 9.17) is 4.74 Å². The van der Waals surface area contributed by atoms with Crippen LogP contribution in [0.3, 0.4) is 0 Å². The van der Waals surface area contributed by atoms with Crippen molar-refractivity contribution in [1.29, 1.82) is 0 Å². The Morgan fingerprint density at radius 1 is 1.18 bits per heavy atom. The number of carbonyl (C=O) groups is 4. The van der Waals surface area contributed by atoms with Gasteiger partial charge in [0.2, 0.25) is 0 Å². The molecule has 1 aliphatic heterocycles. The summed E-state index contributed by atoms with van der Waals surface area (Å²) in [7, 11) is 0. The number of ether oxygens (including phenoxy) is 1. The molecule has 1 aromatic carbocycles. The number of carbonyl (C=O) groups excluding carboxylic acids is 4. The third-order valence-electron chi connectivity index (χ3n) is 5.71. The summed E-state index contributed by atoms with van der Waals surface area (Å²) in [6, 6.07) is 6.53. The molecule has 28 heavy (non-hydrogen) atoms. The van der Waals surface area contributed by atoms with Gasteiger partial charge in [-0.15, -0.1) is 0 Å². The monoisotopic (exact) mass is 386 g/mol. The van der Waals surface area contributed by atoms with Gasteiger partial charge >= 0.3 is 12.0 Å². The lowest BCUT2D eigenvalue weighted by Gasteiger charge is -2.33. The zero-order valence-corrected chi connectivity index (χ0v) is 16.3. The third kappa shape index (κ3) is 4.08. The number of aryl methyl sites for hydroxylation is 1. The van der Waals surface area contributed by atoms with E-state index in [-0.39, 0.29) is 11.7 Å². The molecule has 0 radical (unpaired) electrons. The maximum absolute atomic E-state index is 12.7. The highest BCUT2D eigenvalue weighted by atomic mass is 16.5. The molecule has 2 aliphatic rings. The van der Waals surface area contributed by atoms with Crippen LogP contribution in [0.4, 0.5) is 4.79 Å². The van der Waals surface area contributed by atoms with Gasteiger partial charge in [0.1, 0.15) is 12.1 Å². The quantitative estimate of drug-likeness (QED) is 0.461. The Morgan fingerprint density at radius 3 is 2.43 bits per heavy atom. The molecule has 2 fully saturated rings. The van der Waals surface area contributed by atoms with Crippen molar-refractivity contribution in [1.82, 2.24) is 10.2 Å². The second-order valence-corrected chi connectivity index (χ2v) is 7.72. The first-order valence-corrected chi connectivity index (χ1v) is 9.76. The van der Waals surface area contributed by atoms with Crippen molar-refractivity contribution in [2.24, 2.45) is 5.92 Å². The van der Waals surface area contributed by atoms with E-state index < -0.39 is 30.7 Å². The van der Waals surface area contributed by atoms with Gasteiger partial charge in [-0.25, -0.2) is 4.79 Å². The smallest absolute Gasteiger partial charge is 0.326 e. The summed E-state index contributed by atoms with van der Waals surface area (Å²) in [4.78, 5) is 50.1. The lowest BCUT2D eigenvalue weighted by atomic mass is 9.77. The lowest BCUT2D eigenvalue weighted by Crippen LogP contribution is -2.49. The fourth-order valence-electron chi connectivity index (χ4n) is 3.74. The van der Waals surface area contributed by atoms with Crippen LogP contribution < -0.4 is 5.32 Å². The molecule has 1 aromatic rings. The van der Waals surface area contributed by atoms with Crippen LogP contribution in [-0.4, -0.2) is 47.3 Å². The number of benzene rings is 1. The van der Waals surface area contributed by atoms with Crippen molar-refractivity contribution in [3.8, 4) is 0 Å². The van der Waals surface area contributed by atoms with Crippen molar-refractivity contribution in [2.75, 3.05) is 13.2 Å². The van der Waals surface area contributed by atoms with E-state index in [1.54, 1.807) is 12.1 Å². The predicted octanol–water partition coefficient (Wildman–Crippen LogP) is 2.48. The molecule has 1 saturated heterocycles. The van der Waals surface area contributed by atoms with Crippen molar-refractivity contribution in [2.45, 2.75) is 51.5 Å². The number of esters is 1. The molecule has 0 unspecified atom stereocenters. The summed E-state index contributed by atoms with van der Waals surface area (Å²) in [5.74, 6) is -0.955. The number of rotatable bonds is 6. The second-order valence-electron chi connectivity index (χ2n) is 7.72. The van der Waals surface area contributed by atoms with Crippen LogP contribution in [-0.2, 0) is 20.7 Å². The van der Waals surface area contributed by atoms with E-state index in [1.165, 1.54) is 0 Å². The maximum atomic E-state index is 12.7. The summed E-state index contributed by atoms with van der Waals surface area (Å²) in [6.07, 6.45) is 3.74. The molecule has 7 heteroatoms. The van der Waals surface area contributed by atoms with Crippen molar-refractivity contribution in [3.63, 3.8) is 0 Å². The fraction of sp³-hybridized carbons (Fsp3) is 0.524. The molecule has 0 bridgehead atoms. The molecule has 3 rings (SSSR count). The molecule has 1 aliphatic carbocycles.